The average molecular weight is 291 g/mol. The molecular weight excluding hydrogens is 276 g/mol. The first-order valence-electron chi connectivity index (χ1n) is 6.49. The van der Waals surface area contributed by atoms with Crippen molar-refractivity contribution in [2.45, 2.75) is 19.9 Å². The summed E-state index contributed by atoms with van der Waals surface area (Å²) in [5.74, 6) is -0.239. The number of fused-ring (bicyclic) bond motifs is 1. The van der Waals surface area contributed by atoms with E-state index < -0.39 is 0 Å². The first-order chi connectivity index (χ1) is 9.65. The van der Waals surface area contributed by atoms with Crippen LogP contribution in [-0.4, -0.2) is 22.6 Å². The number of anilines is 1. The minimum absolute atomic E-state index is 0.239. The number of benzene rings is 1. The molecule has 0 bridgehead atoms. The molecule has 2 heterocycles. The van der Waals surface area contributed by atoms with Crippen molar-refractivity contribution >= 4 is 23.2 Å². The van der Waals surface area contributed by atoms with E-state index in [1.165, 1.54) is 0 Å². The van der Waals surface area contributed by atoms with Gasteiger partial charge in [-0.1, -0.05) is 17.7 Å². The van der Waals surface area contributed by atoms with Crippen molar-refractivity contribution in [2.24, 2.45) is 0 Å². The van der Waals surface area contributed by atoms with Crippen LogP contribution < -0.4 is 10.6 Å². The molecule has 104 valence electrons. The summed E-state index contributed by atoms with van der Waals surface area (Å²) < 4.78 is 0. The van der Waals surface area contributed by atoms with Crippen LogP contribution in [0.4, 0.5) is 5.69 Å². The van der Waals surface area contributed by atoms with Gasteiger partial charge in [-0.2, -0.15) is 5.10 Å². The van der Waals surface area contributed by atoms with Crippen molar-refractivity contribution in [3.8, 4) is 0 Å². The summed E-state index contributed by atoms with van der Waals surface area (Å²) in [6.45, 7) is 3.52. The van der Waals surface area contributed by atoms with Crippen LogP contribution >= 0.6 is 11.6 Å². The van der Waals surface area contributed by atoms with E-state index in [2.05, 4.69) is 20.8 Å². The van der Waals surface area contributed by atoms with Gasteiger partial charge in [0.1, 0.15) is 0 Å². The van der Waals surface area contributed by atoms with E-state index in [0.717, 1.165) is 29.8 Å². The van der Waals surface area contributed by atoms with Crippen LogP contribution in [-0.2, 0) is 13.0 Å². The molecule has 3 rings (SSSR count). The van der Waals surface area contributed by atoms with Gasteiger partial charge < -0.3 is 10.6 Å². The maximum Gasteiger partial charge on any atom is 0.276 e. The Kier molecular flexibility index (Phi) is 3.46. The van der Waals surface area contributed by atoms with E-state index in [0.29, 0.717) is 22.9 Å². The molecule has 0 saturated heterocycles. The number of hydrogen-bond acceptors (Lipinski definition) is 3. The van der Waals surface area contributed by atoms with E-state index >= 15 is 0 Å². The van der Waals surface area contributed by atoms with Gasteiger partial charge in [-0.15, -0.1) is 0 Å². The van der Waals surface area contributed by atoms with Crippen molar-refractivity contribution < 1.29 is 4.79 Å². The third-order valence-corrected chi connectivity index (χ3v) is 3.71. The van der Waals surface area contributed by atoms with E-state index in [9.17, 15) is 4.79 Å². The lowest BCUT2D eigenvalue weighted by Crippen LogP contribution is -2.25. The molecule has 1 amide bonds. The van der Waals surface area contributed by atoms with E-state index in [1.807, 2.05) is 19.1 Å². The Bertz CT molecular complexity index is 665. The van der Waals surface area contributed by atoms with Gasteiger partial charge in [0.2, 0.25) is 0 Å². The molecule has 5 nitrogen and oxygen atoms in total. The molecule has 1 aromatic carbocycles. The predicted molar refractivity (Wildman–Crippen MR) is 78.1 cm³/mol. The normalized spacial score (nSPS) is 13.9. The zero-order chi connectivity index (χ0) is 14.1. The van der Waals surface area contributed by atoms with Crippen LogP contribution in [0.25, 0.3) is 0 Å². The highest BCUT2D eigenvalue weighted by Gasteiger charge is 2.21. The maximum absolute atomic E-state index is 12.3. The fourth-order valence-electron chi connectivity index (χ4n) is 2.32. The quantitative estimate of drug-likeness (QED) is 0.795. The molecule has 2 aromatic rings. The third kappa shape index (κ3) is 2.42. The Morgan fingerprint density at radius 3 is 3.10 bits per heavy atom. The number of hydrogen-bond donors (Lipinski definition) is 3. The maximum atomic E-state index is 12.3. The Hall–Kier alpha value is -1.85. The highest BCUT2D eigenvalue weighted by molar-refractivity contribution is 6.34. The Morgan fingerprint density at radius 2 is 2.30 bits per heavy atom. The molecule has 1 aromatic heterocycles. The summed E-state index contributed by atoms with van der Waals surface area (Å²) in [7, 11) is 0. The molecule has 0 fully saturated rings. The minimum Gasteiger partial charge on any atom is -0.319 e. The summed E-state index contributed by atoms with van der Waals surface area (Å²) >= 11 is 6.12. The molecule has 3 N–H and O–H groups in total. The Balaban J connectivity index is 1.84. The monoisotopic (exact) mass is 290 g/mol. The van der Waals surface area contributed by atoms with Gasteiger partial charge in [-0.05, 0) is 24.6 Å². The first-order valence-corrected chi connectivity index (χ1v) is 6.87. The predicted octanol–water partition coefficient (Wildman–Crippen LogP) is 2.27. The molecule has 0 saturated carbocycles. The van der Waals surface area contributed by atoms with E-state index in [-0.39, 0.29) is 5.91 Å². The SMILES string of the molecule is Cc1ccc(NC(=O)c2n[nH]c3c2CNCC3)c(Cl)c1. The van der Waals surface area contributed by atoms with Gasteiger partial charge in [0.15, 0.2) is 5.69 Å². The molecular formula is C14H15ClN4O. The van der Waals surface area contributed by atoms with Gasteiger partial charge in [-0.3, -0.25) is 9.89 Å². The lowest BCUT2D eigenvalue weighted by molar-refractivity contribution is 0.102. The van der Waals surface area contributed by atoms with Crippen LogP contribution in [0.3, 0.4) is 0 Å². The fraction of sp³-hybridized carbons (Fsp3) is 0.286. The number of carbonyl (C=O) groups is 1. The molecule has 6 heteroatoms. The molecule has 0 radical (unpaired) electrons. The van der Waals surface area contributed by atoms with E-state index in [1.54, 1.807) is 6.07 Å². The van der Waals surface area contributed by atoms with Gasteiger partial charge >= 0.3 is 0 Å². The second kappa shape index (κ2) is 5.26. The number of nitrogens with zero attached hydrogens (tertiary/aromatic N) is 1. The van der Waals surface area contributed by atoms with Gasteiger partial charge in [0, 0.05) is 30.8 Å². The number of aryl methyl sites for hydroxylation is 1. The average Bonchev–Trinajstić information content (AvgIpc) is 2.86. The standard InChI is InChI=1S/C14H15ClN4O/c1-8-2-3-12(10(15)6-8)17-14(20)13-9-7-16-5-4-11(9)18-19-13/h2-3,6,16H,4-5,7H2,1H3,(H,17,20)(H,18,19). The molecule has 1 aliphatic rings. The van der Waals surface area contributed by atoms with Crippen molar-refractivity contribution in [1.29, 1.82) is 0 Å². The number of rotatable bonds is 2. The lowest BCUT2D eigenvalue weighted by Gasteiger charge is -2.13. The van der Waals surface area contributed by atoms with Gasteiger partial charge in [0.25, 0.3) is 5.91 Å². The van der Waals surface area contributed by atoms with Gasteiger partial charge in [-0.25, -0.2) is 0 Å². The zero-order valence-corrected chi connectivity index (χ0v) is 11.8. The van der Waals surface area contributed by atoms with Crippen molar-refractivity contribution in [3.05, 3.63) is 45.7 Å². The van der Waals surface area contributed by atoms with Crippen LogP contribution in [0.5, 0.6) is 0 Å². The molecule has 1 aliphatic heterocycles. The number of amides is 1. The van der Waals surface area contributed by atoms with Crippen LogP contribution in [0.15, 0.2) is 18.2 Å². The lowest BCUT2D eigenvalue weighted by atomic mass is 10.1. The summed E-state index contributed by atoms with van der Waals surface area (Å²) in [6, 6.07) is 5.52. The number of aromatic amines is 1. The zero-order valence-electron chi connectivity index (χ0n) is 11.1. The van der Waals surface area contributed by atoms with Gasteiger partial charge in [0.05, 0.1) is 10.7 Å². The molecule has 0 spiro atoms. The summed E-state index contributed by atoms with van der Waals surface area (Å²) in [6.07, 6.45) is 0.862. The second-order valence-electron chi connectivity index (χ2n) is 4.89. The van der Waals surface area contributed by atoms with Crippen LogP contribution in [0.2, 0.25) is 5.02 Å². The molecule has 0 unspecified atom stereocenters. The summed E-state index contributed by atoms with van der Waals surface area (Å²) in [5.41, 5.74) is 4.06. The summed E-state index contributed by atoms with van der Waals surface area (Å²) in [4.78, 5) is 12.3. The van der Waals surface area contributed by atoms with Crippen molar-refractivity contribution in [3.63, 3.8) is 0 Å². The third-order valence-electron chi connectivity index (χ3n) is 3.39. The summed E-state index contributed by atoms with van der Waals surface area (Å²) in [5, 5.41) is 13.6. The molecule has 20 heavy (non-hydrogen) atoms. The topological polar surface area (TPSA) is 69.8 Å². The van der Waals surface area contributed by atoms with Crippen molar-refractivity contribution in [1.82, 2.24) is 15.5 Å². The van der Waals surface area contributed by atoms with Crippen molar-refractivity contribution in [2.75, 3.05) is 11.9 Å². The first kappa shape index (κ1) is 13.1. The fourth-order valence-corrected chi connectivity index (χ4v) is 2.60. The Labute approximate surface area is 121 Å². The van der Waals surface area contributed by atoms with Crippen LogP contribution in [0, 0.1) is 6.92 Å². The number of nitrogens with one attached hydrogen (secondary N) is 3. The largest absolute Gasteiger partial charge is 0.319 e. The smallest absolute Gasteiger partial charge is 0.276 e. The highest BCUT2D eigenvalue weighted by Crippen LogP contribution is 2.24. The number of halogens is 1. The second-order valence-corrected chi connectivity index (χ2v) is 5.30. The van der Waals surface area contributed by atoms with E-state index in [4.69, 9.17) is 11.6 Å². The Morgan fingerprint density at radius 1 is 1.45 bits per heavy atom. The highest BCUT2D eigenvalue weighted by atomic mass is 35.5. The molecule has 0 atom stereocenters. The number of carbonyl (C=O) groups excluding carboxylic acids is 1. The van der Waals surface area contributed by atoms with Crippen LogP contribution in [0.1, 0.15) is 27.3 Å². The minimum atomic E-state index is -0.239. The number of aromatic nitrogens is 2. The molecule has 0 aliphatic carbocycles. The number of H-pyrrole nitrogens is 1.